The van der Waals surface area contributed by atoms with E-state index in [9.17, 15) is 10.4 Å². The molecule has 0 aliphatic heterocycles. The number of pyridine rings is 1. The normalized spacial score (nSPS) is 10.7. The van der Waals surface area contributed by atoms with Crippen LogP contribution < -0.4 is 10.2 Å². The van der Waals surface area contributed by atoms with Crippen LogP contribution in [0.15, 0.2) is 23.3 Å². The van der Waals surface area contributed by atoms with Gasteiger partial charge in [-0.05, 0) is 53.3 Å². The number of nitrogens with zero attached hydrogens (tertiary/aromatic N) is 3. The summed E-state index contributed by atoms with van der Waals surface area (Å²) in [6.45, 7) is 2.15. The molecule has 130 valence electrons. The van der Waals surface area contributed by atoms with Gasteiger partial charge in [0.1, 0.15) is 11.6 Å². The lowest BCUT2D eigenvalue weighted by Gasteiger charge is -2.09. The van der Waals surface area contributed by atoms with Crippen LogP contribution >= 0.6 is 22.6 Å². The van der Waals surface area contributed by atoms with E-state index < -0.39 is 0 Å². The number of benzene rings is 1. The third-order valence-corrected chi connectivity index (χ3v) is 4.12. The molecule has 0 amide bonds. The summed E-state index contributed by atoms with van der Waals surface area (Å²) in [5, 5.41) is 23.4. The Hall–Kier alpha value is -2.38. The number of hydrazone groups is 1. The summed E-state index contributed by atoms with van der Waals surface area (Å²) in [5.74, 6) is 0.817. The fourth-order valence-corrected chi connectivity index (χ4v) is 2.83. The first-order chi connectivity index (χ1) is 12.0. The summed E-state index contributed by atoms with van der Waals surface area (Å²) < 4.78 is 10.9. The van der Waals surface area contributed by atoms with Crippen LogP contribution in [-0.2, 0) is 11.3 Å². The molecule has 2 rings (SSSR count). The number of nitrogens with one attached hydrogen (secondary N) is 1. The maximum Gasteiger partial charge on any atom is 0.171 e. The summed E-state index contributed by atoms with van der Waals surface area (Å²) in [6.07, 6.45) is 1.56. The van der Waals surface area contributed by atoms with Crippen molar-refractivity contribution in [3.63, 3.8) is 0 Å². The first kappa shape index (κ1) is 19.0. The molecule has 25 heavy (non-hydrogen) atoms. The van der Waals surface area contributed by atoms with Gasteiger partial charge in [0.25, 0.3) is 0 Å². The summed E-state index contributed by atoms with van der Waals surface area (Å²) >= 11 is 2.01. The second kappa shape index (κ2) is 8.64. The SMILES string of the molecule is COCc1cc(C)nc(N/N=C\c2cc(I)c(O)c(OC)c2)c1C#N. The van der Waals surface area contributed by atoms with Crippen LogP contribution in [0.25, 0.3) is 0 Å². The molecule has 0 radical (unpaired) electrons. The maximum atomic E-state index is 9.85. The number of phenolic OH excluding ortho intramolecular Hbond substituents is 1. The Morgan fingerprint density at radius 2 is 2.16 bits per heavy atom. The number of aromatic nitrogens is 1. The number of methoxy groups -OCH3 is 2. The Kier molecular flexibility index (Phi) is 6.55. The van der Waals surface area contributed by atoms with Gasteiger partial charge in [0, 0.05) is 18.4 Å². The third-order valence-electron chi connectivity index (χ3n) is 3.30. The number of halogens is 1. The van der Waals surface area contributed by atoms with E-state index in [1.807, 2.05) is 35.6 Å². The predicted octanol–water partition coefficient (Wildman–Crippen LogP) is 3.17. The van der Waals surface area contributed by atoms with Gasteiger partial charge < -0.3 is 14.6 Å². The highest BCUT2D eigenvalue weighted by atomic mass is 127. The van der Waals surface area contributed by atoms with Crippen molar-refractivity contribution in [2.24, 2.45) is 5.10 Å². The molecule has 0 aliphatic rings. The van der Waals surface area contributed by atoms with E-state index in [0.29, 0.717) is 27.3 Å². The molecule has 0 atom stereocenters. The van der Waals surface area contributed by atoms with Crippen LogP contribution in [0.3, 0.4) is 0 Å². The van der Waals surface area contributed by atoms with E-state index in [2.05, 4.69) is 21.6 Å². The quantitative estimate of drug-likeness (QED) is 0.397. The highest BCUT2D eigenvalue weighted by Crippen LogP contribution is 2.31. The average molecular weight is 452 g/mol. The number of aryl methyl sites for hydroxylation is 1. The third kappa shape index (κ3) is 4.58. The molecule has 0 saturated carbocycles. The predicted molar refractivity (Wildman–Crippen MR) is 103 cm³/mol. The molecule has 1 aromatic heterocycles. The van der Waals surface area contributed by atoms with Crippen molar-refractivity contribution in [2.75, 3.05) is 19.6 Å². The molecule has 0 saturated heterocycles. The van der Waals surface area contributed by atoms with Crippen LogP contribution in [-0.4, -0.2) is 30.5 Å². The first-order valence-corrected chi connectivity index (χ1v) is 8.33. The molecule has 1 heterocycles. The minimum Gasteiger partial charge on any atom is -0.504 e. The summed E-state index contributed by atoms with van der Waals surface area (Å²) in [4.78, 5) is 4.31. The zero-order valence-corrected chi connectivity index (χ0v) is 16.2. The highest BCUT2D eigenvalue weighted by Gasteiger charge is 2.11. The molecular formula is C17H17IN4O3. The van der Waals surface area contributed by atoms with Gasteiger partial charge in [-0.25, -0.2) is 4.98 Å². The molecule has 2 aromatic rings. The average Bonchev–Trinajstić information content (AvgIpc) is 2.58. The van der Waals surface area contributed by atoms with Crippen LogP contribution in [0.5, 0.6) is 11.5 Å². The van der Waals surface area contributed by atoms with Crippen molar-refractivity contribution in [1.82, 2.24) is 4.98 Å². The van der Waals surface area contributed by atoms with Gasteiger partial charge >= 0.3 is 0 Å². The standard InChI is InChI=1S/C17H17IN4O3/c1-10-4-12(9-24-2)13(7-19)17(21-10)22-20-8-11-5-14(18)16(23)15(6-11)25-3/h4-6,8,23H,9H2,1-3H3,(H,21,22)/b20-8-. The zero-order chi connectivity index (χ0) is 18.4. The van der Waals surface area contributed by atoms with Gasteiger partial charge in [0.2, 0.25) is 0 Å². The van der Waals surface area contributed by atoms with Crippen molar-refractivity contribution in [3.8, 4) is 17.6 Å². The maximum absolute atomic E-state index is 9.85. The van der Waals surface area contributed by atoms with Crippen LogP contribution in [0.2, 0.25) is 0 Å². The molecule has 1 aromatic carbocycles. The van der Waals surface area contributed by atoms with E-state index in [-0.39, 0.29) is 5.75 Å². The second-order valence-corrected chi connectivity index (χ2v) is 6.28. The minimum absolute atomic E-state index is 0.0875. The van der Waals surface area contributed by atoms with Crippen molar-refractivity contribution >= 4 is 34.6 Å². The fourth-order valence-electron chi connectivity index (χ4n) is 2.21. The van der Waals surface area contributed by atoms with Crippen molar-refractivity contribution in [1.29, 1.82) is 5.26 Å². The van der Waals surface area contributed by atoms with E-state index in [0.717, 1.165) is 16.8 Å². The van der Waals surface area contributed by atoms with Gasteiger partial charge in [-0.1, -0.05) is 0 Å². The lowest BCUT2D eigenvalue weighted by molar-refractivity contribution is 0.184. The number of anilines is 1. The lowest BCUT2D eigenvalue weighted by Crippen LogP contribution is -2.03. The number of ether oxygens (including phenoxy) is 2. The fraction of sp³-hybridized carbons (Fsp3) is 0.235. The molecule has 0 bridgehead atoms. The topological polar surface area (TPSA) is 99.8 Å². The largest absolute Gasteiger partial charge is 0.504 e. The lowest BCUT2D eigenvalue weighted by atomic mass is 10.1. The van der Waals surface area contributed by atoms with Crippen molar-refractivity contribution in [3.05, 3.63) is 44.2 Å². The number of nitriles is 1. The summed E-state index contributed by atoms with van der Waals surface area (Å²) in [6, 6.07) is 7.36. The Morgan fingerprint density at radius 1 is 1.40 bits per heavy atom. The Morgan fingerprint density at radius 3 is 2.80 bits per heavy atom. The first-order valence-electron chi connectivity index (χ1n) is 7.25. The molecule has 0 aliphatic carbocycles. The number of hydrogen-bond acceptors (Lipinski definition) is 7. The van der Waals surface area contributed by atoms with Crippen LogP contribution in [0.4, 0.5) is 5.82 Å². The summed E-state index contributed by atoms with van der Waals surface area (Å²) in [7, 11) is 3.06. The molecule has 2 N–H and O–H groups in total. The van der Waals surface area contributed by atoms with E-state index in [4.69, 9.17) is 9.47 Å². The monoisotopic (exact) mass is 452 g/mol. The molecular weight excluding hydrogens is 435 g/mol. The molecule has 0 unspecified atom stereocenters. The zero-order valence-electron chi connectivity index (χ0n) is 14.0. The number of rotatable bonds is 6. The van der Waals surface area contributed by atoms with Crippen molar-refractivity contribution in [2.45, 2.75) is 13.5 Å². The smallest absolute Gasteiger partial charge is 0.171 e. The Bertz CT molecular complexity index is 847. The highest BCUT2D eigenvalue weighted by molar-refractivity contribution is 14.1. The molecule has 8 heteroatoms. The van der Waals surface area contributed by atoms with Gasteiger partial charge in [-0.2, -0.15) is 10.4 Å². The second-order valence-electron chi connectivity index (χ2n) is 5.11. The summed E-state index contributed by atoms with van der Waals surface area (Å²) in [5.41, 5.74) is 5.42. The molecule has 0 fully saturated rings. The van der Waals surface area contributed by atoms with Crippen LogP contribution in [0.1, 0.15) is 22.4 Å². The van der Waals surface area contributed by atoms with E-state index in [1.54, 1.807) is 25.5 Å². The van der Waals surface area contributed by atoms with E-state index in [1.165, 1.54) is 7.11 Å². The Labute approximate surface area is 159 Å². The van der Waals surface area contributed by atoms with Crippen molar-refractivity contribution < 1.29 is 14.6 Å². The van der Waals surface area contributed by atoms with Gasteiger partial charge in [-0.15, -0.1) is 0 Å². The number of hydrogen-bond donors (Lipinski definition) is 2. The minimum atomic E-state index is 0.0875. The van der Waals surface area contributed by atoms with Crippen LogP contribution in [0, 0.1) is 21.8 Å². The van der Waals surface area contributed by atoms with Gasteiger partial charge in [0.15, 0.2) is 17.3 Å². The Balaban J connectivity index is 2.28. The molecule has 0 spiro atoms. The van der Waals surface area contributed by atoms with Gasteiger partial charge in [-0.3, -0.25) is 5.43 Å². The van der Waals surface area contributed by atoms with Gasteiger partial charge in [0.05, 0.1) is 23.5 Å². The molecule has 7 nitrogen and oxygen atoms in total. The van der Waals surface area contributed by atoms with E-state index >= 15 is 0 Å². The number of aromatic hydroxyl groups is 1. The number of phenols is 1.